The molecule has 0 radical (unpaired) electrons. The van der Waals surface area contributed by atoms with Crippen LogP contribution in [0.3, 0.4) is 0 Å². The standard InChI is InChI=1S/C52H55N3O9/c1-37-47(57)53(2)43(30-38-20-10-5-11-21-38)50(60)63-45(32-40-24-14-7-15-25-40)48(58)54(3)44(31-39-22-12-6-13-23-39)51(61)64-46(33-41-26-16-8-17-27-41)49(59)55(4)52(35-56,36-62-37)34-42-28-18-9-19-29-42/h5-29,35,37,43-46H,30-34,36H2,1-4H3. The molecule has 0 bridgehead atoms. The molecule has 6 atom stereocenters. The number of benzene rings is 5. The van der Waals surface area contributed by atoms with Crippen LogP contribution in [-0.4, -0.2) is 114 Å². The molecule has 5 aromatic carbocycles. The Morgan fingerprint density at radius 3 is 1.23 bits per heavy atom. The number of hydrogen-bond donors (Lipinski definition) is 0. The summed E-state index contributed by atoms with van der Waals surface area (Å²) in [5.74, 6) is -3.74. The van der Waals surface area contributed by atoms with Crippen LogP contribution < -0.4 is 0 Å². The fourth-order valence-corrected chi connectivity index (χ4v) is 7.85. The van der Waals surface area contributed by atoms with Crippen LogP contribution >= 0.6 is 0 Å². The van der Waals surface area contributed by atoms with Gasteiger partial charge in [0.1, 0.15) is 30.0 Å². The highest BCUT2D eigenvalue weighted by atomic mass is 16.6. The van der Waals surface area contributed by atoms with Gasteiger partial charge in [-0.3, -0.25) is 14.4 Å². The summed E-state index contributed by atoms with van der Waals surface area (Å²) in [6.45, 7) is 1.08. The first-order valence-electron chi connectivity index (χ1n) is 21.4. The quantitative estimate of drug-likeness (QED) is 0.125. The summed E-state index contributed by atoms with van der Waals surface area (Å²) in [5, 5.41) is 0. The normalized spacial score (nSPS) is 23.2. The molecule has 0 N–H and O–H groups in total. The van der Waals surface area contributed by atoms with E-state index >= 15 is 0 Å². The minimum absolute atomic E-state index is 0.0119. The van der Waals surface area contributed by atoms with E-state index in [0.717, 1.165) is 5.56 Å². The summed E-state index contributed by atoms with van der Waals surface area (Å²) in [6.07, 6.45) is -3.63. The number of amides is 3. The number of carbonyl (C=O) groups excluding carboxylic acids is 6. The van der Waals surface area contributed by atoms with Gasteiger partial charge in [0.25, 0.3) is 17.7 Å². The van der Waals surface area contributed by atoms with Gasteiger partial charge in [-0.15, -0.1) is 0 Å². The second-order valence-corrected chi connectivity index (χ2v) is 16.3. The van der Waals surface area contributed by atoms with Crippen LogP contribution in [0.1, 0.15) is 34.7 Å². The van der Waals surface area contributed by atoms with E-state index in [2.05, 4.69) is 0 Å². The van der Waals surface area contributed by atoms with Gasteiger partial charge in [0.2, 0.25) is 0 Å². The van der Waals surface area contributed by atoms with Crippen LogP contribution in [0, 0.1) is 0 Å². The van der Waals surface area contributed by atoms with Gasteiger partial charge < -0.3 is 33.7 Å². The van der Waals surface area contributed by atoms with E-state index in [-0.39, 0.29) is 32.1 Å². The predicted octanol–water partition coefficient (Wildman–Crippen LogP) is 5.49. The zero-order valence-corrected chi connectivity index (χ0v) is 36.7. The Bertz CT molecular complexity index is 2330. The lowest BCUT2D eigenvalue weighted by Crippen LogP contribution is -2.60. The molecular weight excluding hydrogens is 811 g/mol. The van der Waals surface area contributed by atoms with Gasteiger partial charge in [-0.2, -0.15) is 0 Å². The highest BCUT2D eigenvalue weighted by Gasteiger charge is 2.45. The van der Waals surface area contributed by atoms with Crippen LogP contribution in [0.25, 0.3) is 0 Å². The molecule has 1 aliphatic rings. The summed E-state index contributed by atoms with van der Waals surface area (Å²) >= 11 is 0. The zero-order chi connectivity index (χ0) is 45.6. The van der Waals surface area contributed by atoms with Gasteiger partial charge in [-0.05, 0) is 34.7 Å². The predicted molar refractivity (Wildman–Crippen MR) is 241 cm³/mol. The van der Waals surface area contributed by atoms with E-state index < -0.39 is 72.2 Å². The van der Waals surface area contributed by atoms with Crippen LogP contribution in [0.15, 0.2) is 152 Å². The number of esters is 2. The van der Waals surface area contributed by atoms with Crippen LogP contribution in [-0.2, 0) is 75.1 Å². The second kappa shape index (κ2) is 21.9. The first-order chi connectivity index (χ1) is 30.9. The maximum Gasteiger partial charge on any atom is 0.329 e. The Hall–Kier alpha value is -6.92. The fraction of sp³-hybridized carbons (Fsp3) is 0.308. The van der Waals surface area contributed by atoms with Gasteiger partial charge in [0, 0.05) is 53.2 Å². The number of nitrogens with zero attached hydrogens (tertiary/aromatic N) is 3. The van der Waals surface area contributed by atoms with Crippen molar-refractivity contribution in [2.45, 2.75) is 75.0 Å². The number of likely N-dealkylation sites (N-methyl/N-ethyl adjacent to an activating group) is 3. The van der Waals surface area contributed by atoms with Crippen molar-refractivity contribution in [2.24, 2.45) is 0 Å². The van der Waals surface area contributed by atoms with Crippen molar-refractivity contribution in [3.8, 4) is 0 Å². The van der Waals surface area contributed by atoms with Crippen molar-refractivity contribution in [1.29, 1.82) is 0 Å². The Balaban J connectivity index is 1.48. The van der Waals surface area contributed by atoms with E-state index in [1.165, 1.54) is 42.8 Å². The second-order valence-electron chi connectivity index (χ2n) is 16.3. The SMILES string of the molecule is CC1OCC(C=O)(Cc2ccccc2)N(C)C(=O)C(Cc2ccccc2)OC(=O)C(Cc2ccccc2)N(C)C(=O)C(Cc2ccccc2)OC(=O)C(Cc2ccccc2)N(C)C1=O. The summed E-state index contributed by atoms with van der Waals surface area (Å²) in [5.41, 5.74) is 1.77. The molecule has 0 saturated carbocycles. The Labute approximate surface area is 374 Å². The molecule has 64 heavy (non-hydrogen) atoms. The monoisotopic (exact) mass is 865 g/mol. The number of ether oxygens (including phenoxy) is 3. The minimum Gasteiger partial charge on any atom is -0.450 e. The van der Waals surface area contributed by atoms with Gasteiger partial charge in [-0.1, -0.05) is 152 Å². The fourth-order valence-electron chi connectivity index (χ4n) is 7.85. The van der Waals surface area contributed by atoms with Crippen molar-refractivity contribution in [2.75, 3.05) is 27.7 Å². The maximum atomic E-state index is 15.0. The first-order valence-corrected chi connectivity index (χ1v) is 21.4. The summed E-state index contributed by atoms with van der Waals surface area (Å²) < 4.78 is 18.7. The molecule has 332 valence electrons. The molecular formula is C52H55N3O9. The molecule has 0 aliphatic carbocycles. The van der Waals surface area contributed by atoms with E-state index in [1.807, 2.05) is 78.9 Å². The summed E-state index contributed by atoms with van der Waals surface area (Å²) in [7, 11) is 4.35. The van der Waals surface area contributed by atoms with Gasteiger partial charge in [-0.25, -0.2) is 9.59 Å². The lowest BCUT2D eigenvalue weighted by molar-refractivity contribution is -0.175. The molecule has 1 aliphatic heterocycles. The van der Waals surface area contributed by atoms with E-state index in [0.29, 0.717) is 28.5 Å². The molecule has 1 fully saturated rings. The number of rotatable bonds is 11. The highest BCUT2D eigenvalue weighted by Crippen LogP contribution is 2.25. The molecule has 0 spiro atoms. The van der Waals surface area contributed by atoms with Crippen LogP contribution in [0.4, 0.5) is 0 Å². The molecule has 5 aromatic rings. The largest absolute Gasteiger partial charge is 0.450 e. The third-order valence-electron chi connectivity index (χ3n) is 11.8. The summed E-state index contributed by atoms with van der Waals surface area (Å²) in [4.78, 5) is 90.9. The van der Waals surface area contributed by atoms with Gasteiger partial charge in [0.05, 0.1) is 6.61 Å². The van der Waals surface area contributed by atoms with Crippen molar-refractivity contribution in [1.82, 2.24) is 14.7 Å². The molecule has 12 nitrogen and oxygen atoms in total. The smallest absolute Gasteiger partial charge is 0.329 e. The molecule has 0 aromatic heterocycles. The van der Waals surface area contributed by atoms with Crippen molar-refractivity contribution >= 4 is 35.9 Å². The lowest BCUT2D eigenvalue weighted by Gasteiger charge is -2.40. The maximum absolute atomic E-state index is 15.0. The van der Waals surface area contributed by atoms with Gasteiger partial charge >= 0.3 is 11.9 Å². The van der Waals surface area contributed by atoms with Crippen LogP contribution in [0.5, 0.6) is 0 Å². The van der Waals surface area contributed by atoms with E-state index in [1.54, 1.807) is 72.8 Å². The molecule has 1 saturated heterocycles. The molecule has 1 heterocycles. The highest BCUT2D eigenvalue weighted by molar-refractivity contribution is 5.93. The molecule has 6 unspecified atom stereocenters. The zero-order valence-electron chi connectivity index (χ0n) is 36.7. The average molecular weight is 866 g/mol. The van der Waals surface area contributed by atoms with Crippen molar-refractivity contribution < 1.29 is 43.0 Å². The van der Waals surface area contributed by atoms with E-state index in [9.17, 15) is 28.8 Å². The average Bonchev–Trinajstić information content (AvgIpc) is 3.33. The molecule has 6 rings (SSSR count). The van der Waals surface area contributed by atoms with Crippen molar-refractivity contribution in [3.05, 3.63) is 179 Å². The van der Waals surface area contributed by atoms with Gasteiger partial charge in [0.15, 0.2) is 12.2 Å². The Morgan fingerprint density at radius 1 is 0.500 bits per heavy atom. The molecule has 12 heteroatoms. The van der Waals surface area contributed by atoms with Crippen molar-refractivity contribution in [3.63, 3.8) is 0 Å². The third-order valence-corrected chi connectivity index (χ3v) is 11.8. The minimum atomic E-state index is -1.71. The Morgan fingerprint density at radius 2 is 0.844 bits per heavy atom. The third kappa shape index (κ3) is 11.8. The van der Waals surface area contributed by atoms with Crippen LogP contribution in [0.2, 0.25) is 0 Å². The first kappa shape index (κ1) is 46.6. The number of aldehydes is 1. The Kier molecular flexibility index (Phi) is 16.0. The van der Waals surface area contributed by atoms with E-state index in [4.69, 9.17) is 14.2 Å². The number of hydrogen-bond acceptors (Lipinski definition) is 9. The lowest BCUT2D eigenvalue weighted by atomic mass is 9.90. The summed E-state index contributed by atoms with van der Waals surface area (Å²) in [6, 6.07) is 42.7. The topological polar surface area (TPSA) is 140 Å². The number of carbonyl (C=O) groups is 6. The number of cyclic esters (lactones) is 2. The molecule has 3 amide bonds.